The molecule has 1 amide bonds. The smallest absolute Gasteiger partial charge is 0.340 e. The first kappa shape index (κ1) is 20.9. The molecule has 0 saturated carbocycles. The van der Waals surface area contributed by atoms with Crippen molar-refractivity contribution in [1.29, 1.82) is 0 Å². The minimum Gasteiger partial charge on any atom is -0.454 e. The number of hydrogen-bond donors (Lipinski definition) is 1. The zero-order valence-electron chi connectivity index (χ0n) is 17.8. The van der Waals surface area contributed by atoms with Gasteiger partial charge in [-0.25, -0.2) is 9.48 Å². The van der Waals surface area contributed by atoms with Crippen LogP contribution in [0.1, 0.15) is 16.2 Å². The summed E-state index contributed by atoms with van der Waals surface area (Å²) in [5.74, 6) is -0.409. The molecule has 0 saturated heterocycles. The van der Waals surface area contributed by atoms with Gasteiger partial charge in [-0.3, -0.25) is 18.6 Å². The number of benzene rings is 2. The van der Waals surface area contributed by atoms with Crippen molar-refractivity contribution < 1.29 is 14.3 Å². The van der Waals surface area contributed by atoms with Crippen molar-refractivity contribution in [1.82, 2.24) is 39.4 Å². The van der Waals surface area contributed by atoms with Crippen LogP contribution < -0.4 is 10.9 Å². The van der Waals surface area contributed by atoms with Gasteiger partial charge in [0.05, 0.1) is 22.2 Å². The van der Waals surface area contributed by atoms with Crippen molar-refractivity contribution in [3.05, 3.63) is 76.6 Å². The number of aromatic nitrogens is 8. The van der Waals surface area contributed by atoms with Crippen LogP contribution in [0.5, 0.6) is 0 Å². The number of carbonyl (C=O) groups is 2. The maximum absolute atomic E-state index is 12.9. The average Bonchev–Trinajstić information content (AvgIpc) is 3.51. The van der Waals surface area contributed by atoms with Gasteiger partial charge in [-0.05, 0) is 34.7 Å². The van der Waals surface area contributed by atoms with E-state index in [1.165, 1.54) is 21.6 Å². The number of para-hydroxylation sites is 2. The number of tetrazole rings is 1. The molecule has 0 aliphatic heterocycles. The fourth-order valence-electron chi connectivity index (χ4n) is 3.55. The number of fused-ring (bicyclic) bond motifs is 3. The predicted octanol–water partition coefficient (Wildman–Crippen LogP) is 0.563. The zero-order valence-corrected chi connectivity index (χ0v) is 17.8. The minimum atomic E-state index is -0.663. The van der Waals surface area contributed by atoms with Crippen molar-refractivity contribution in [3.63, 3.8) is 0 Å². The number of esters is 1. The second-order valence-electron chi connectivity index (χ2n) is 7.31. The zero-order chi connectivity index (χ0) is 23.7. The molecule has 0 bridgehead atoms. The van der Waals surface area contributed by atoms with Gasteiger partial charge in [0, 0.05) is 7.05 Å². The molecule has 0 fully saturated rings. The number of carbonyl (C=O) groups excluding carboxylic acids is 2. The third-order valence-electron chi connectivity index (χ3n) is 5.14. The van der Waals surface area contributed by atoms with Crippen LogP contribution in [-0.4, -0.2) is 51.2 Å². The highest BCUT2D eigenvalue weighted by Crippen LogP contribution is 2.18. The van der Waals surface area contributed by atoms with Gasteiger partial charge in [0.15, 0.2) is 12.4 Å². The van der Waals surface area contributed by atoms with Crippen molar-refractivity contribution in [2.24, 2.45) is 7.05 Å². The third kappa shape index (κ3) is 3.74. The van der Waals surface area contributed by atoms with Gasteiger partial charge in [-0.2, -0.15) is 0 Å². The van der Waals surface area contributed by atoms with Crippen LogP contribution >= 0.6 is 0 Å². The normalized spacial score (nSPS) is 11.1. The second kappa shape index (κ2) is 8.54. The summed E-state index contributed by atoms with van der Waals surface area (Å²) in [6.45, 7) is -0.316. The summed E-state index contributed by atoms with van der Waals surface area (Å²) in [5, 5.41) is 21.9. The SMILES string of the molecule is Cn1c(=O)c2ccccc2n2c(COC(=O)c3ccccc3NC(=O)Cn3cnnn3)nnc12. The van der Waals surface area contributed by atoms with E-state index < -0.39 is 11.9 Å². The molecular weight excluding hydrogens is 442 g/mol. The summed E-state index contributed by atoms with van der Waals surface area (Å²) >= 11 is 0. The molecule has 0 atom stereocenters. The molecule has 34 heavy (non-hydrogen) atoms. The number of nitrogens with one attached hydrogen (secondary N) is 1. The summed E-state index contributed by atoms with van der Waals surface area (Å²) < 4.78 is 9.80. The van der Waals surface area contributed by atoms with Crippen LogP contribution in [0, 0.1) is 0 Å². The van der Waals surface area contributed by atoms with Crippen molar-refractivity contribution in [3.8, 4) is 0 Å². The minimum absolute atomic E-state index is 0.117. The number of rotatable bonds is 6. The second-order valence-corrected chi connectivity index (χ2v) is 7.31. The standard InChI is InChI=1S/C21H17N9O4/c1-28-19(32)14-7-3-5-9-16(14)30-17(24-25-21(28)30)11-34-20(33)13-6-2-4-8-15(13)23-18(31)10-29-12-22-26-27-29/h2-9,12H,10-11H2,1H3,(H,23,31). The Hall–Kier alpha value is -4.94. The number of nitrogens with zero attached hydrogens (tertiary/aromatic N) is 8. The largest absolute Gasteiger partial charge is 0.454 e. The molecule has 0 unspecified atom stereocenters. The van der Waals surface area contributed by atoms with E-state index in [0.717, 1.165) is 0 Å². The van der Waals surface area contributed by atoms with Crippen LogP contribution in [0.25, 0.3) is 16.7 Å². The highest BCUT2D eigenvalue weighted by atomic mass is 16.5. The molecule has 0 spiro atoms. The number of ether oxygens (including phenoxy) is 1. The Labute approximate surface area is 190 Å². The molecule has 5 rings (SSSR count). The molecule has 5 aromatic rings. The van der Waals surface area contributed by atoms with Crippen LogP contribution in [0.15, 0.2) is 59.7 Å². The first-order valence-corrected chi connectivity index (χ1v) is 10.1. The van der Waals surface area contributed by atoms with E-state index in [9.17, 15) is 14.4 Å². The van der Waals surface area contributed by atoms with E-state index in [1.807, 2.05) is 0 Å². The Bertz CT molecular complexity index is 1590. The lowest BCUT2D eigenvalue weighted by Gasteiger charge is -2.11. The van der Waals surface area contributed by atoms with Gasteiger partial charge in [0.25, 0.3) is 5.56 Å². The fraction of sp³-hybridized carbons (Fsp3) is 0.143. The van der Waals surface area contributed by atoms with Gasteiger partial charge in [0.1, 0.15) is 12.9 Å². The van der Waals surface area contributed by atoms with E-state index in [0.29, 0.717) is 22.5 Å². The van der Waals surface area contributed by atoms with Crippen LogP contribution in [-0.2, 0) is 29.7 Å². The summed E-state index contributed by atoms with van der Waals surface area (Å²) in [7, 11) is 1.60. The molecule has 1 N–H and O–H groups in total. The molecule has 170 valence electrons. The fourth-order valence-corrected chi connectivity index (χ4v) is 3.55. The maximum Gasteiger partial charge on any atom is 0.340 e. The van der Waals surface area contributed by atoms with E-state index in [1.54, 1.807) is 53.9 Å². The third-order valence-corrected chi connectivity index (χ3v) is 5.14. The lowest BCUT2D eigenvalue weighted by atomic mass is 10.2. The Balaban J connectivity index is 1.38. The van der Waals surface area contributed by atoms with E-state index in [4.69, 9.17) is 4.74 Å². The van der Waals surface area contributed by atoms with E-state index in [2.05, 4.69) is 31.0 Å². The predicted molar refractivity (Wildman–Crippen MR) is 118 cm³/mol. The quantitative estimate of drug-likeness (QED) is 0.359. The first-order valence-electron chi connectivity index (χ1n) is 10.1. The highest BCUT2D eigenvalue weighted by Gasteiger charge is 2.18. The van der Waals surface area contributed by atoms with Crippen LogP contribution in [0.2, 0.25) is 0 Å². The molecule has 0 aliphatic rings. The first-order chi connectivity index (χ1) is 16.5. The van der Waals surface area contributed by atoms with Crippen molar-refractivity contribution in [2.45, 2.75) is 13.2 Å². The number of amides is 1. The molecule has 2 aromatic carbocycles. The molecule has 13 heteroatoms. The maximum atomic E-state index is 12.9. The summed E-state index contributed by atoms with van der Waals surface area (Å²) in [5.41, 5.74) is 0.848. The lowest BCUT2D eigenvalue weighted by Crippen LogP contribution is -2.21. The number of hydrogen-bond acceptors (Lipinski definition) is 9. The topological polar surface area (TPSA) is 151 Å². The van der Waals surface area contributed by atoms with Gasteiger partial charge < -0.3 is 10.1 Å². The Morgan fingerprint density at radius 2 is 1.85 bits per heavy atom. The summed E-state index contributed by atoms with van der Waals surface area (Å²) in [6, 6.07) is 13.5. The van der Waals surface area contributed by atoms with Gasteiger partial charge in [-0.1, -0.05) is 24.3 Å². The Morgan fingerprint density at radius 3 is 2.68 bits per heavy atom. The molecule has 13 nitrogen and oxygen atoms in total. The monoisotopic (exact) mass is 459 g/mol. The van der Waals surface area contributed by atoms with Gasteiger partial charge >= 0.3 is 5.97 Å². The molecular formula is C21H17N9O4. The average molecular weight is 459 g/mol. The number of aryl methyl sites for hydroxylation is 1. The molecule has 3 heterocycles. The van der Waals surface area contributed by atoms with Crippen molar-refractivity contribution in [2.75, 3.05) is 5.32 Å². The Morgan fingerprint density at radius 1 is 1.06 bits per heavy atom. The molecule has 0 radical (unpaired) electrons. The van der Waals surface area contributed by atoms with E-state index in [-0.39, 0.29) is 30.0 Å². The van der Waals surface area contributed by atoms with Gasteiger partial charge in [0.2, 0.25) is 11.7 Å². The lowest BCUT2D eigenvalue weighted by molar-refractivity contribution is -0.116. The van der Waals surface area contributed by atoms with Crippen molar-refractivity contribution >= 4 is 34.2 Å². The molecule has 0 aliphatic carbocycles. The number of anilines is 1. The summed E-state index contributed by atoms with van der Waals surface area (Å²) in [4.78, 5) is 37.7. The Kier molecular flexibility index (Phi) is 5.26. The van der Waals surface area contributed by atoms with Gasteiger partial charge in [-0.15, -0.1) is 15.3 Å². The summed E-state index contributed by atoms with van der Waals surface area (Å²) in [6.07, 6.45) is 1.31. The molecule has 3 aromatic heterocycles. The van der Waals surface area contributed by atoms with E-state index >= 15 is 0 Å². The van der Waals surface area contributed by atoms with Crippen LogP contribution in [0.4, 0.5) is 5.69 Å². The van der Waals surface area contributed by atoms with Crippen LogP contribution in [0.3, 0.4) is 0 Å². The highest BCUT2D eigenvalue weighted by molar-refractivity contribution is 6.01.